The number of hydrogen-bond acceptors (Lipinski definition) is 5. The molecule has 2 N–H and O–H groups in total. The van der Waals surface area contributed by atoms with Gasteiger partial charge in [-0.3, -0.25) is 8.75 Å². The first-order valence-electron chi connectivity index (χ1n) is 5.57. The number of halogens is 1. The van der Waals surface area contributed by atoms with Gasteiger partial charge in [-0.05, 0) is 19.1 Å². The molecule has 0 saturated carbocycles. The van der Waals surface area contributed by atoms with Crippen molar-refractivity contribution in [3.05, 3.63) is 41.9 Å². The summed E-state index contributed by atoms with van der Waals surface area (Å²) in [5.41, 5.74) is 0.850. The number of hydrogen-bond donors (Lipinski definition) is 2. The van der Waals surface area contributed by atoms with Gasteiger partial charge in [0.2, 0.25) is 0 Å². The van der Waals surface area contributed by atoms with E-state index in [-0.39, 0.29) is 11.2 Å². The van der Waals surface area contributed by atoms with Crippen LogP contribution in [0.3, 0.4) is 0 Å². The number of benzene rings is 1. The lowest BCUT2D eigenvalue weighted by Gasteiger charge is -2.10. The monoisotopic (exact) mass is 340 g/mol. The van der Waals surface area contributed by atoms with E-state index in [1.54, 1.807) is 19.1 Å². The lowest BCUT2D eigenvalue weighted by Crippen LogP contribution is -2.11. The summed E-state index contributed by atoms with van der Waals surface area (Å²) in [5, 5.41) is 0. The molecule has 118 valence electrons. The van der Waals surface area contributed by atoms with Gasteiger partial charge in [0.1, 0.15) is 12.9 Å². The standard InChI is InChI=1S/C11H14FO7PS/c1-9-2-4-11(5-3-9)21(16,17)19-7-10(6-12)18-8-20(13,14)15/h2-6H,7-8H2,1H3,(H2,13,14,15). The molecule has 0 bridgehead atoms. The second-order valence-electron chi connectivity index (χ2n) is 4.04. The highest BCUT2D eigenvalue weighted by Crippen LogP contribution is 2.34. The Labute approximate surface area is 121 Å². The normalized spacial score (nSPS) is 13.2. The Kier molecular flexibility index (Phi) is 6.06. The highest BCUT2D eigenvalue weighted by Gasteiger charge is 2.19. The second-order valence-corrected chi connectivity index (χ2v) is 7.25. The van der Waals surface area contributed by atoms with Gasteiger partial charge in [0.05, 0.1) is 4.90 Å². The second kappa shape index (κ2) is 7.15. The van der Waals surface area contributed by atoms with Gasteiger partial charge in [0.25, 0.3) is 10.1 Å². The summed E-state index contributed by atoms with van der Waals surface area (Å²) in [5.74, 6) is -0.644. The Balaban J connectivity index is 2.68. The maximum absolute atomic E-state index is 12.4. The van der Waals surface area contributed by atoms with E-state index in [0.717, 1.165) is 5.56 Å². The van der Waals surface area contributed by atoms with Crippen molar-refractivity contribution in [3.63, 3.8) is 0 Å². The molecule has 21 heavy (non-hydrogen) atoms. The van der Waals surface area contributed by atoms with Crippen LogP contribution in [0.1, 0.15) is 5.56 Å². The van der Waals surface area contributed by atoms with Crippen molar-refractivity contribution < 1.29 is 36.1 Å². The highest BCUT2D eigenvalue weighted by molar-refractivity contribution is 7.86. The minimum atomic E-state index is -4.50. The first-order chi connectivity index (χ1) is 9.64. The van der Waals surface area contributed by atoms with Gasteiger partial charge >= 0.3 is 7.60 Å². The molecule has 0 aliphatic heterocycles. The van der Waals surface area contributed by atoms with E-state index < -0.39 is 36.4 Å². The van der Waals surface area contributed by atoms with Crippen molar-refractivity contribution in [2.45, 2.75) is 11.8 Å². The Bertz CT molecular complexity index is 648. The molecule has 0 heterocycles. The fraction of sp³-hybridized carbons (Fsp3) is 0.273. The summed E-state index contributed by atoms with van der Waals surface area (Å²) in [6, 6.07) is 5.76. The third-order valence-corrected chi connectivity index (χ3v) is 3.95. The van der Waals surface area contributed by atoms with E-state index in [2.05, 4.69) is 8.92 Å². The highest BCUT2D eigenvalue weighted by atomic mass is 32.2. The van der Waals surface area contributed by atoms with Crippen LogP contribution in [0, 0.1) is 6.92 Å². The minimum absolute atomic E-state index is 0.124. The van der Waals surface area contributed by atoms with E-state index in [0.29, 0.717) is 0 Å². The third kappa shape index (κ3) is 6.36. The van der Waals surface area contributed by atoms with E-state index in [9.17, 15) is 17.4 Å². The zero-order valence-corrected chi connectivity index (χ0v) is 12.7. The molecule has 0 spiro atoms. The van der Waals surface area contributed by atoms with Crippen molar-refractivity contribution in [1.82, 2.24) is 0 Å². The maximum atomic E-state index is 12.4. The predicted octanol–water partition coefficient (Wildman–Crippen LogP) is 1.66. The lowest BCUT2D eigenvalue weighted by molar-refractivity contribution is 0.183. The van der Waals surface area contributed by atoms with Crippen LogP contribution in [0.15, 0.2) is 41.2 Å². The first-order valence-corrected chi connectivity index (χ1v) is 8.77. The van der Waals surface area contributed by atoms with Gasteiger partial charge in [0.15, 0.2) is 12.1 Å². The van der Waals surface area contributed by atoms with Crippen molar-refractivity contribution in [2.24, 2.45) is 0 Å². The van der Waals surface area contributed by atoms with E-state index in [1.807, 2.05) is 0 Å². The molecule has 0 saturated heterocycles. The van der Waals surface area contributed by atoms with Crippen LogP contribution in [-0.2, 0) is 23.6 Å². The molecule has 7 nitrogen and oxygen atoms in total. The van der Waals surface area contributed by atoms with Crippen LogP contribution in [0.25, 0.3) is 0 Å². The van der Waals surface area contributed by atoms with Gasteiger partial charge < -0.3 is 14.5 Å². The molecular formula is C11H14FO7PS. The van der Waals surface area contributed by atoms with Gasteiger partial charge in [-0.15, -0.1) is 0 Å². The Morgan fingerprint density at radius 1 is 1.33 bits per heavy atom. The molecule has 0 aromatic heterocycles. The summed E-state index contributed by atoms with van der Waals surface area (Å²) in [6.07, 6.45) is -1.20. The quantitative estimate of drug-likeness (QED) is 0.441. The molecule has 0 aliphatic rings. The third-order valence-electron chi connectivity index (χ3n) is 2.21. The van der Waals surface area contributed by atoms with Gasteiger partial charge in [0, 0.05) is 0 Å². The molecule has 0 amide bonds. The molecule has 1 aromatic carbocycles. The van der Waals surface area contributed by atoms with Crippen molar-refractivity contribution in [3.8, 4) is 0 Å². The van der Waals surface area contributed by atoms with Crippen molar-refractivity contribution >= 4 is 17.7 Å². The molecule has 1 rings (SSSR count). The van der Waals surface area contributed by atoms with E-state index >= 15 is 0 Å². The van der Waals surface area contributed by atoms with Crippen LogP contribution in [0.5, 0.6) is 0 Å². The van der Waals surface area contributed by atoms with Crippen LogP contribution >= 0.6 is 7.60 Å². The van der Waals surface area contributed by atoms with E-state index in [4.69, 9.17) is 9.79 Å². The minimum Gasteiger partial charge on any atom is -0.480 e. The molecular weight excluding hydrogens is 326 g/mol. The largest absolute Gasteiger partial charge is 0.480 e. The molecule has 10 heteroatoms. The van der Waals surface area contributed by atoms with Gasteiger partial charge in [-0.2, -0.15) is 8.42 Å². The van der Waals surface area contributed by atoms with Crippen molar-refractivity contribution in [1.29, 1.82) is 0 Å². The van der Waals surface area contributed by atoms with Crippen LogP contribution in [-0.4, -0.2) is 31.2 Å². The topological polar surface area (TPSA) is 110 Å². The van der Waals surface area contributed by atoms with Crippen LogP contribution in [0.2, 0.25) is 0 Å². The molecule has 0 aliphatic carbocycles. The summed E-state index contributed by atoms with van der Waals surface area (Å²) < 4.78 is 55.6. The fourth-order valence-corrected chi connectivity index (χ4v) is 2.39. The first kappa shape index (κ1) is 17.8. The van der Waals surface area contributed by atoms with Gasteiger partial charge in [-0.25, -0.2) is 4.39 Å². The average Bonchev–Trinajstić information content (AvgIpc) is 2.38. The lowest BCUT2D eigenvalue weighted by atomic mass is 10.2. The summed E-state index contributed by atoms with van der Waals surface area (Å²) in [7, 11) is -8.61. The molecule has 0 radical (unpaired) electrons. The Hall–Kier alpha value is -1.25. The zero-order chi connectivity index (χ0) is 16.1. The number of aryl methyl sites for hydroxylation is 1. The summed E-state index contributed by atoms with van der Waals surface area (Å²) >= 11 is 0. The summed E-state index contributed by atoms with van der Waals surface area (Å²) in [4.78, 5) is 17.0. The predicted molar refractivity (Wildman–Crippen MR) is 71.5 cm³/mol. The number of ether oxygens (including phenoxy) is 1. The Morgan fingerprint density at radius 2 is 1.90 bits per heavy atom. The molecule has 0 fully saturated rings. The Morgan fingerprint density at radius 3 is 2.38 bits per heavy atom. The van der Waals surface area contributed by atoms with E-state index in [1.165, 1.54) is 12.1 Å². The zero-order valence-electron chi connectivity index (χ0n) is 11.0. The van der Waals surface area contributed by atoms with Crippen LogP contribution < -0.4 is 0 Å². The molecule has 0 atom stereocenters. The smallest absolute Gasteiger partial charge is 0.362 e. The van der Waals surface area contributed by atoms with Crippen LogP contribution in [0.4, 0.5) is 4.39 Å². The fourth-order valence-electron chi connectivity index (χ4n) is 1.18. The molecule has 0 unspecified atom stereocenters. The SMILES string of the molecule is Cc1ccc(S(=O)(=O)OCC(=CF)OCP(=O)(O)O)cc1. The molecule has 1 aromatic rings. The maximum Gasteiger partial charge on any atom is 0.362 e. The number of rotatable bonds is 7. The van der Waals surface area contributed by atoms with Crippen molar-refractivity contribution in [2.75, 3.05) is 13.0 Å². The van der Waals surface area contributed by atoms with Gasteiger partial charge in [-0.1, -0.05) is 17.7 Å². The average molecular weight is 340 g/mol. The summed E-state index contributed by atoms with van der Waals surface area (Å²) in [6.45, 7) is 0.962.